The molecule has 9 aromatic carbocycles. The zero-order chi connectivity index (χ0) is 50.0. The molecule has 0 N–H and O–H groups in total. The smallest absolute Gasteiger partial charge is 0.196 e. The summed E-state index contributed by atoms with van der Waals surface area (Å²) in [5, 5.41) is 32.1. The van der Waals surface area contributed by atoms with E-state index in [9.17, 15) is 15.8 Å². The Morgan fingerprint density at radius 2 is 0.932 bits per heavy atom. The molecule has 9 nitrogen and oxygen atoms in total. The molecular formula is C64H33N9. The second kappa shape index (κ2) is 18.7. The van der Waals surface area contributed by atoms with E-state index >= 15 is 0 Å². The SMILES string of the molecule is [C-]#[N+]c1cccc(-c2cc(-c3cc(-c4ccccc4)nc(-c4ccccc4)n3)cc(-c3cccc(C#N)c3)c2-n2c3ccc(-c4ccc([N+]#[C-])cc4C#N)cc3c3cc(-c4ccc(C#N)cc4[N+]#[C-])ccc32)c1. The molecule has 0 bridgehead atoms. The lowest BCUT2D eigenvalue weighted by Crippen LogP contribution is -2.03. The van der Waals surface area contributed by atoms with Gasteiger partial charge in [-0.1, -0.05) is 121 Å². The molecular weight excluding hydrogens is 895 g/mol. The third-order valence-corrected chi connectivity index (χ3v) is 12.9. The first-order valence-corrected chi connectivity index (χ1v) is 23.0. The molecule has 11 rings (SSSR count). The number of nitriles is 3. The van der Waals surface area contributed by atoms with Crippen molar-refractivity contribution in [3.63, 3.8) is 0 Å². The quantitative estimate of drug-likeness (QED) is 0.141. The summed E-state index contributed by atoms with van der Waals surface area (Å²) in [5.41, 5.74) is 14.6. The lowest BCUT2D eigenvalue weighted by Gasteiger charge is -2.22. The van der Waals surface area contributed by atoms with Crippen LogP contribution in [0.25, 0.3) is 120 Å². The molecule has 0 amide bonds. The molecule has 73 heavy (non-hydrogen) atoms. The van der Waals surface area contributed by atoms with E-state index in [0.29, 0.717) is 56.4 Å². The first-order chi connectivity index (χ1) is 35.9. The third kappa shape index (κ3) is 8.13. The lowest BCUT2D eigenvalue weighted by molar-refractivity contribution is 1.17. The van der Waals surface area contributed by atoms with Gasteiger partial charge in [0, 0.05) is 49.7 Å². The highest BCUT2D eigenvalue weighted by molar-refractivity contribution is 6.13. The normalized spacial score (nSPS) is 10.7. The molecule has 11 aromatic rings. The summed E-state index contributed by atoms with van der Waals surface area (Å²) >= 11 is 0. The van der Waals surface area contributed by atoms with Crippen molar-refractivity contribution in [2.75, 3.05) is 0 Å². The molecule has 2 heterocycles. The molecule has 0 saturated carbocycles. The van der Waals surface area contributed by atoms with Crippen molar-refractivity contribution in [2.45, 2.75) is 0 Å². The summed E-state index contributed by atoms with van der Waals surface area (Å²) in [7, 11) is 0. The topological polar surface area (TPSA) is 115 Å². The number of nitrogens with zero attached hydrogens (tertiary/aromatic N) is 9. The Bertz CT molecular complexity index is 4070. The van der Waals surface area contributed by atoms with Crippen molar-refractivity contribution >= 4 is 38.9 Å². The van der Waals surface area contributed by atoms with Crippen LogP contribution < -0.4 is 0 Å². The van der Waals surface area contributed by atoms with Gasteiger partial charge in [0.2, 0.25) is 0 Å². The van der Waals surface area contributed by atoms with E-state index in [1.54, 1.807) is 48.5 Å². The van der Waals surface area contributed by atoms with Gasteiger partial charge >= 0.3 is 0 Å². The predicted octanol–water partition coefficient (Wildman–Crippen LogP) is 16.5. The molecule has 0 aliphatic heterocycles. The minimum atomic E-state index is 0.342. The Kier molecular flexibility index (Phi) is 11.4. The van der Waals surface area contributed by atoms with Crippen molar-refractivity contribution in [3.05, 3.63) is 251 Å². The Balaban J connectivity index is 1.28. The zero-order valence-electron chi connectivity index (χ0n) is 38.6. The van der Waals surface area contributed by atoms with E-state index in [4.69, 9.17) is 29.7 Å². The summed E-state index contributed by atoms with van der Waals surface area (Å²) in [4.78, 5) is 21.6. The van der Waals surface area contributed by atoms with E-state index in [1.807, 2.05) is 127 Å². The van der Waals surface area contributed by atoms with Crippen LogP contribution in [-0.2, 0) is 0 Å². The van der Waals surface area contributed by atoms with Crippen molar-refractivity contribution in [3.8, 4) is 102 Å². The highest BCUT2D eigenvalue weighted by atomic mass is 15.0. The van der Waals surface area contributed by atoms with Crippen molar-refractivity contribution < 1.29 is 0 Å². The highest BCUT2D eigenvalue weighted by Gasteiger charge is 2.24. The summed E-state index contributed by atoms with van der Waals surface area (Å²) in [6.45, 7) is 23.8. The molecule has 0 unspecified atom stereocenters. The van der Waals surface area contributed by atoms with Gasteiger partial charge in [-0.05, 0) is 112 Å². The van der Waals surface area contributed by atoms with Gasteiger partial charge in [-0.3, -0.25) is 0 Å². The number of aromatic nitrogens is 3. The van der Waals surface area contributed by atoms with Gasteiger partial charge in [0.15, 0.2) is 22.9 Å². The fourth-order valence-corrected chi connectivity index (χ4v) is 9.51. The van der Waals surface area contributed by atoms with Gasteiger partial charge in [-0.15, -0.1) is 0 Å². The van der Waals surface area contributed by atoms with Crippen molar-refractivity contribution in [1.29, 1.82) is 15.8 Å². The van der Waals surface area contributed by atoms with Crippen LogP contribution in [0.15, 0.2) is 200 Å². The third-order valence-electron chi connectivity index (χ3n) is 12.9. The average Bonchev–Trinajstić information content (AvgIpc) is 3.79. The van der Waals surface area contributed by atoms with Gasteiger partial charge in [0.05, 0.1) is 71.6 Å². The maximum Gasteiger partial charge on any atom is 0.196 e. The Hall–Kier alpha value is -11.2. The summed E-state index contributed by atoms with van der Waals surface area (Å²) in [5.74, 6) is 0.548. The molecule has 0 atom stereocenters. The number of fused-ring (bicyclic) bond motifs is 3. The van der Waals surface area contributed by atoms with Crippen LogP contribution in [0.4, 0.5) is 17.1 Å². The number of hydrogen-bond donors (Lipinski definition) is 0. The van der Waals surface area contributed by atoms with Crippen molar-refractivity contribution in [1.82, 2.24) is 14.5 Å². The van der Waals surface area contributed by atoms with Crippen molar-refractivity contribution in [2.24, 2.45) is 0 Å². The van der Waals surface area contributed by atoms with Crippen LogP contribution >= 0.6 is 0 Å². The molecule has 0 radical (unpaired) electrons. The Labute approximate surface area is 420 Å². The summed E-state index contributed by atoms with van der Waals surface area (Å²) in [6, 6.07) is 70.3. The maximum absolute atomic E-state index is 10.3. The second-order valence-electron chi connectivity index (χ2n) is 17.2. The van der Waals surface area contributed by atoms with Gasteiger partial charge in [-0.2, -0.15) is 15.8 Å². The summed E-state index contributed by atoms with van der Waals surface area (Å²) in [6.07, 6.45) is 0. The molecule has 0 spiro atoms. The molecule has 0 aliphatic rings. The Morgan fingerprint density at radius 3 is 1.56 bits per heavy atom. The van der Waals surface area contributed by atoms with E-state index in [2.05, 4.69) is 61.6 Å². The van der Waals surface area contributed by atoms with Crippen LogP contribution in [-0.4, -0.2) is 14.5 Å². The van der Waals surface area contributed by atoms with Crippen LogP contribution in [0.3, 0.4) is 0 Å². The standard InChI is InChI=1S/C64H33N9/c1-68-50-19-11-18-45(30-50)55-35-48(59-36-58(42-13-6-4-7-14-42)71-64(72-59)43-15-8-5-9-16-43)34-54(44-17-10-12-40(28-44)37-65)63(55)73-61-26-21-46(52-25-23-51(69-2)31-49(52)39-67)32-56(61)57-33-47(22-27-62(57)73)53-24-20-41(38-66)29-60(53)70-3/h4-36H. The molecule has 0 fully saturated rings. The van der Waals surface area contributed by atoms with E-state index in [-0.39, 0.29) is 0 Å². The van der Waals surface area contributed by atoms with E-state index < -0.39 is 0 Å². The first-order valence-electron chi connectivity index (χ1n) is 23.0. The van der Waals surface area contributed by atoms with Crippen LogP contribution in [0.1, 0.15) is 16.7 Å². The number of benzene rings is 9. The molecule has 334 valence electrons. The van der Waals surface area contributed by atoms with Crippen LogP contribution in [0.5, 0.6) is 0 Å². The van der Waals surface area contributed by atoms with E-state index in [1.165, 1.54) is 0 Å². The Morgan fingerprint density at radius 1 is 0.384 bits per heavy atom. The second-order valence-corrected chi connectivity index (χ2v) is 17.2. The lowest BCUT2D eigenvalue weighted by atomic mass is 9.90. The van der Waals surface area contributed by atoms with Gasteiger partial charge in [0.25, 0.3) is 0 Å². The van der Waals surface area contributed by atoms with Gasteiger partial charge in [0.1, 0.15) is 0 Å². The monoisotopic (exact) mass is 927 g/mol. The number of hydrogen-bond acceptors (Lipinski definition) is 5. The fraction of sp³-hybridized carbons (Fsp3) is 0. The van der Waals surface area contributed by atoms with Crippen LogP contribution in [0.2, 0.25) is 0 Å². The first kappa shape index (κ1) is 44.3. The fourth-order valence-electron chi connectivity index (χ4n) is 9.51. The predicted molar refractivity (Wildman–Crippen MR) is 287 cm³/mol. The van der Waals surface area contributed by atoms with E-state index in [0.717, 1.165) is 83.3 Å². The average molecular weight is 928 g/mol. The molecule has 2 aromatic heterocycles. The largest absolute Gasteiger partial charge is 0.308 e. The van der Waals surface area contributed by atoms with Crippen LogP contribution in [0, 0.1) is 53.7 Å². The van der Waals surface area contributed by atoms with Gasteiger partial charge < -0.3 is 4.57 Å². The summed E-state index contributed by atoms with van der Waals surface area (Å²) < 4.78 is 2.21. The molecule has 0 saturated heterocycles. The minimum Gasteiger partial charge on any atom is -0.308 e. The molecule has 9 heteroatoms. The highest BCUT2D eigenvalue weighted by Crippen LogP contribution is 2.47. The number of rotatable bonds is 8. The maximum atomic E-state index is 10.3. The zero-order valence-corrected chi connectivity index (χ0v) is 38.6. The minimum absolute atomic E-state index is 0.342. The van der Waals surface area contributed by atoms with Gasteiger partial charge in [-0.25, -0.2) is 24.5 Å². The molecule has 0 aliphatic carbocycles.